The van der Waals surface area contributed by atoms with Gasteiger partial charge in [-0.25, -0.2) is 13.2 Å². The molecule has 4 heteroatoms. The second-order valence-electron chi connectivity index (χ2n) is 4.89. The van der Waals surface area contributed by atoms with Crippen LogP contribution in [0.25, 0.3) is 0 Å². The second-order valence-corrected chi connectivity index (χ2v) is 4.89. The number of rotatable bonds is 3. The summed E-state index contributed by atoms with van der Waals surface area (Å²) in [6.45, 7) is 3.35. The molecule has 2 rings (SSSR count). The van der Waals surface area contributed by atoms with Gasteiger partial charge in [-0.15, -0.1) is 0 Å². The highest BCUT2D eigenvalue weighted by atomic mass is 19.2. The SMILES string of the molecule is Cc1cc(F)cc(C)c1C(O)Cc1cccc(F)c1F. The molecular weight excluding hydrogens is 265 g/mol. The Kier molecular flexibility index (Phi) is 4.14. The molecule has 0 saturated heterocycles. The first-order valence-corrected chi connectivity index (χ1v) is 6.27. The molecule has 0 aliphatic heterocycles. The standard InChI is InChI=1S/C16H15F3O/c1-9-6-12(17)7-10(2)15(9)14(20)8-11-4-3-5-13(18)16(11)19/h3-7,14,20H,8H2,1-2H3. The van der Waals surface area contributed by atoms with Gasteiger partial charge in [-0.1, -0.05) is 12.1 Å². The fourth-order valence-electron chi connectivity index (χ4n) is 2.46. The van der Waals surface area contributed by atoms with Crippen LogP contribution in [0.5, 0.6) is 0 Å². The first-order chi connectivity index (χ1) is 9.40. The highest BCUT2D eigenvalue weighted by Gasteiger charge is 2.18. The minimum absolute atomic E-state index is 0.0586. The lowest BCUT2D eigenvalue weighted by atomic mass is 9.93. The summed E-state index contributed by atoms with van der Waals surface area (Å²) >= 11 is 0. The summed E-state index contributed by atoms with van der Waals surface area (Å²) in [6, 6.07) is 6.47. The number of benzene rings is 2. The van der Waals surface area contributed by atoms with Crippen LogP contribution in [0.1, 0.15) is 28.4 Å². The Morgan fingerprint density at radius 2 is 1.65 bits per heavy atom. The molecule has 0 radical (unpaired) electrons. The maximum atomic E-state index is 13.6. The number of aliphatic hydroxyl groups excluding tert-OH is 1. The van der Waals surface area contributed by atoms with Crippen molar-refractivity contribution in [2.75, 3.05) is 0 Å². The lowest BCUT2D eigenvalue weighted by Crippen LogP contribution is -2.08. The van der Waals surface area contributed by atoms with E-state index in [0.29, 0.717) is 16.7 Å². The smallest absolute Gasteiger partial charge is 0.162 e. The average molecular weight is 280 g/mol. The Hall–Kier alpha value is -1.81. The van der Waals surface area contributed by atoms with Crippen LogP contribution < -0.4 is 0 Å². The third-order valence-electron chi connectivity index (χ3n) is 3.34. The molecule has 0 amide bonds. The normalized spacial score (nSPS) is 12.5. The summed E-state index contributed by atoms with van der Waals surface area (Å²) in [4.78, 5) is 0. The molecule has 0 saturated carbocycles. The first kappa shape index (κ1) is 14.6. The molecule has 106 valence electrons. The minimum Gasteiger partial charge on any atom is -0.388 e. The Bertz CT molecular complexity index is 615. The van der Waals surface area contributed by atoms with Crippen LogP contribution in [-0.4, -0.2) is 5.11 Å². The molecule has 1 nitrogen and oxygen atoms in total. The molecule has 0 bridgehead atoms. The topological polar surface area (TPSA) is 20.2 Å². The van der Waals surface area contributed by atoms with Gasteiger partial charge in [-0.2, -0.15) is 0 Å². The summed E-state index contributed by atoms with van der Waals surface area (Å²) < 4.78 is 40.0. The van der Waals surface area contributed by atoms with Crippen molar-refractivity contribution in [3.05, 3.63) is 70.0 Å². The fourth-order valence-corrected chi connectivity index (χ4v) is 2.46. The molecule has 0 spiro atoms. The molecule has 2 aromatic rings. The Balaban J connectivity index is 2.33. The Morgan fingerprint density at radius 1 is 1.05 bits per heavy atom. The van der Waals surface area contributed by atoms with Crippen molar-refractivity contribution in [1.29, 1.82) is 0 Å². The van der Waals surface area contributed by atoms with E-state index in [1.165, 1.54) is 24.3 Å². The molecule has 0 aliphatic rings. The highest BCUT2D eigenvalue weighted by Crippen LogP contribution is 2.27. The van der Waals surface area contributed by atoms with Crippen molar-refractivity contribution in [2.45, 2.75) is 26.4 Å². The summed E-state index contributed by atoms with van der Waals surface area (Å²) in [6.07, 6.45) is -1.07. The van der Waals surface area contributed by atoms with E-state index < -0.39 is 17.7 Å². The molecule has 0 heterocycles. The van der Waals surface area contributed by atoms with Gasteiger partial charge in [0, 0.05) is 6.42 Å². The monoisotopic (exact) mass is 280 g/mol. The van der Waals surface area contributed by atoms with Gasteiger partial charge in [-0.05, 0) is 54.3 Å². The summed E-state index contributed by atoms with van der Waals surface area (Å²) in [5.41, 5.74) is 1.83. The molecule has 1 atom stereocenters. The van der Waals surface area contributed by atoms with Gasteiger partial charge in [-0.3, -0.25) is 0 Å². The minimum atomic E-state index is -1.01. The van der Waals surface area contributed by atoms with Crippen molar-refractivity contribution >= 4 is 0 Å². The molecule has 0 fully saturated rings. The van der Waals surface area contributed by atoms with Crippen molar-refractivity contribution in [2.24, 2.45) is 0 Å². The Labute approximate surface area is 115 Å². The van der Waals surface area contributed by atoms with E-state index in [-0.39, 0.29) is 17.8 Å². The summed E-state index contributed by atoms with van der Waals surface area (Å²) in [7, 11) is 0. The molecule has 2 aromatic carbocycles. The van der Waals surface area contributed by atoms with E-state index in [4.69, 9.17) is 0 Å². The quantitative estimate of drug-likeness (QED) is 0.901. The van der Waals surface area contributed by atoms with E-state index in [1.54, 1.807) is 13.8 Å². The zero-order chi connectivity index (χ0) is 14.9. The van der Waals surface area contributed by atoms with Crippen LogP contribution in [0, 0.1) is 31.3 Å². The van der Waals surface area contributed by atoms with Crippen molar-refractivity contribution in [3.63, 3.8) is 0 Å². The van der Waals surface area contributed by atoms with Gasteiger partial charge in [0.15, 0.2) is 11.6 Å². The molecule has 20 heavy (non-hydrogen) atoms. The average Bonchev–Trinajstić information content (AvgIpc) is 2.33. The zero-order valence-electron chi connectivity index (χ0n) is 11.3. The van der Waals surface area contributed by atoms with E-state index in [1.807, 2.05) is 0 Å². The van der Waals surface area contributed by atoms with Gasteiger partial charge in [0.25, 0.3) is 0 Å². The van der Waals surface area contributed by atoms with E-state index in [0.717, 1.165) is 6.07 Å². The van der Waals surface area contributed by atoms with Crippen molar-refractivity contribution in [1.82, 2.24) is 0 Å². The summed E-state index contributed by atoms with van der Waals surface area (Å²) in [5.74, 6) is -2.28. The molecular formula is C16H15F3O. The first-order valence-electron chi connectivity index (χ1n) is 6.27. The number of aryl methyl sites for hydroxylation is 2. The van der Waals surface area contributed by atoms with Crippen LogP contribution in [0.4, 0.5) is 13.2 Å². The second kappa shape index (κ2) is 5.67. The molecule has 1 N–H and O–H groups in total. The van der Waals surface area contributed by atoms with Gasteiger partial charge in [0.2, 0.25) is 0 Å². The third-order valence-corrected chi connectivity index (χ3v) is 3.34. The Morgan fingerprint density at radius 3 is 2.25 bits per heavy atom. The maximum absolute atomic E-state index is 13.6. The third kappa shape index (κ3) is 2.85. The molecule has 0 aromatic heterocycles. The summed E-state index contributed by atoms with van der Waals surface area (Å²) in [5, 5.41) is 10.2. The lowest BCUT2D eigenvalue weighted by molar-refractivity contribution is 0.175. The number of hydrogen-bond acceptors (Lipinski definition) is 1. The van der Waals surface area contributed by atoms with E-state index in [9.17, 15) is 18.3 Å². The number of aliphatic hydroxyl groups is 1. The fraction of sp³-hybridized carbons (Fsp3) is 0.250. The van der Waals surface area contributed by atoms with Crippen LogP contribution >= 0.6 is 0 Å². The van der Waals surface area contributed by atoms with Crippen molar-refractivity contribution < 1.29 is 18.3 Å². The van der Waals surface area contributed by atoms with Crippen molar-refractivity contribution in [3.8, 4) is 0 Å². The van der Waals surface area contributed by atoms with E-state index in [2.05, 4.69) is 0 Å². The predicted octanol–water partition coefficient (Wildman–Crippen LogP) is 4.00. The van der Waals surface area contributed by atoms with Gasteiger partial charge >= 0.3 is 0 Å². The number of halogens is 3. The van der Waals surface area contributed by atoms with Gasteiger partial charge in [0.1, 0.15) is 5.82 Å². The largest absolute Gasteiger partial charge is 0.388 e. The van der Waals surface area contributed by atoms with Crippen LogP contribution in [0.3, 0.4) is 0 Å². The number of hydrogen-bond donors (Lipinski definition) is 1. The predicted molar refractivity (Wildman–Crippen MR) is 70.9 cm³/mol. The molecule has 0 aliphatic carbocycles. The zero-order valence-corrected chi connectivity index (χ0v) is 11.3. The van der Waals surface area contributed by atoms with E-state index >= 15 is 0 Å². The van der Waals surface area contributed by atoms with Crippen LogP contribution in [0.2, 0.25) is 0 Å². The molecule has 1 unspecified atom stereocenters. The van der Waals surface area contributed by atoms with Crippen LogP contribution in [0.15, 0.2) is 30.3 Å². The lowest BCUT2D eigenvalue weighted by Gasteiger charge is -2.17. The highest BCUT2D eigenvalue weighted by molar-refractivity contribution is 5.37. The van der Waals surface area contributed by atoms with Gasteiger partial charge in [0.05, 0.1) is 6.10 Å². The maximum Gasteiger partial charge on any atom is 0.162 e. The van der Waals surface area contributed by atoms with Crippen LogP contribution in [-0.2, 0) is 6.42 Å². The van der Waals surface area contributed by atoms with Gasteiger partial charge < -0.3 is 5.11 Å².